The number of hydrogen-bond donors (Lipinski definition) is 1. The van der Waals surface area contributed by atoms with Gasteiger partial charge in [0.2, 0.25) is 0 Å². The van der Waals surface area contributed by atoms with E-state index in [1.54, 1.807) is 0 Å². The fourth-order valence-corrected chi connectivity index (χ4v) is 2.30. The zero-order valence-corrected chi connectivity index (χ0v) is 10.0. The third-order valence-electron chi connectivity index (χ3n) is 3.31. The molecule has 3 N–H and O–H groups in total. The van der Waals surface area contributed by atoms with Gasteiger partial charge in [-0.3, -0.25) is 4.79 Å². The summed E-state index contributed by atoms with van der Waals surface area (Å²) >= 11 is 0. The Hall–Kier alpha value is -1.88. The summed E-state index contributed by atoms with van der Waals surface area (Å²) in [5.41, 5.74) is 4.64. The van der Waals surface area contributed by atoms with Gasteiger partial charge < -0.3 is 20.5 Å². The van der Waals surface area contributed by atoms with E-state index < -0.39 is 18.1 Å². The fourth-order valence-electron chi connectivity index (χ4n) is 2.30. The maximum absolute atomic E-state index is 12.2. The Balaban J connectivity index is 2.14. The molecule has 0 spiro atoms. The third kappa shape index (κ3) is 2.36. The van der Waals surface area contributed by atoms with Gasteiger partial charge in [-0.15, -0.1) is 0 Å². The van der Waals surface area contributed by atoms with Gasteiger partial charge in [-0.25, -0.2) is 0 Å². The van der Waals surface area contributed by atoms with E-state index in [1.165, 1.54) is 4.90 Å². The first-order valence-electron chi connectivity index (χ1n) is 6.00. The van der Waals surface area contributed by atoms with Gasteiger partial charge in [-0.2, -0.15) is 0 Å². The quantitative estimate of drug-likeness (QED) is 0.722. The fraction of sp³-hybridized carbons (Fsp3) is 0.385. The number of benzene rings is 1. The van der Waals surface area contributed by atoms with Gasteiger partial charge in [0.05, 0.1) is 12.0 Å². The molecule has 0 aromatic heterocycles. The number of carboxylic acid groups (broad SMARTS) is 1. The van der Waals surface area contributed by atoms with Crippen LogP contribution in [0.5, 0.6) is 0 Å². The molecule has 2 rings (SSSR count). The first-order valence-corrected chi connectivity index (χ1v) is 6.00. The van der Waals surface area contributed by atoms with Gasteiger partial charge in [0.25, 0.3) is 5.91 Å². The van der Waals surface area contributed by atoms with Crippen LogP contribution in [0.15, 0.2) is 30.3 Å². The highest BCUT2D eigenvalue weighted by molar-refractivity contribution is 5.86. The summed E-state index contributed by atoms with van der Waals surface area (Å²) in [7, 11) is 0. The number of quaternary nitrogens is 1. The summed E-state index contributed by atoms with van der Waals surface area (Å²) in [4.78, 5) is 24.6. The molecular weight excluding hydrogens is 232 g/mol. The summed E-state index contributed by atoms with van der Waals surface area (Å²) in [6, 6.07) is 7.80. The molecule has 1 aromatic carbocycles. The largest absolute Gasteiger partial charge is 0.548 e. The lowest BCUT2D eigenvalue weighted by atomic mass is 10.1. The van der Waals surface area contributed by atoms with Gasteiger partial charge in [-0.1, -0.05) is 30.3 Å². The van der Waals surface area contributed by atoms with Crippen molar-refractivity contribution in [3.8, 4) is 0 Å². The summed E-state index contributed by atoms with van der Waals surface area (Å²) in [5.74, 6) is -1.42. The van der Waals surface area contributed by atoms with E-state index in [-0.39, 0.29) is 5.91 Å². The first-order chi connectivity index (χ1) is 8.61. The minimum absolute atomic E-state index is 0.243. The Morgan fingerprint density at radius 3 is 2.61 bits per heavy atom. The topological polar surface area (TPSA) is 88.1 Å². The second-order valence-electron chi connectivity index (χ2n) is 4.47. The Morgan fingerprint density at radius 2 is 2.00 bits per heavy atom. The molecule has 0 bridgehead atoms. The Labute approximate surface area is 105 Å². The van der Waals surface area contributed by atoms with Crippen molar-refractivity contribution in [3.63, 3.8) is 0 Å². The van der Waals surface area contributed by atoms with E-state index in [9.17, 15) is 14.7 Å². The molecule has 0 radical (unpaired) electrons. The van der Waals surface area contributed by atoms with Crippen LogP contribution in [0.1, 0.15) is 24.4 Å². The Morgan fingerprint density at radius 1 is 1.33 bits per heavy atom. The molecule has 1 aliphatic rings. The number of likely N-dealkylation sites (tertiary alicyclic amines) is 1. The van der Waals surface area contributed by atoms with Crippen LogP contribution in [-0.2, 0) is 9.59 Å². The zero-order chi connectivity index (χ0) is 13.1. The summed E-state index contributed by atoms with van der Waals surface area (Å²) in [6.07, 6.45) is 1.17. The van der Waals surface area contributed by atoms with Crippen LogP contribution >= 0.6 is 0 Å². The number of hydrogen-bond acceptors (Lipinski definition) is 3. The predicted octanol–water partition coefficient (Wildman–Crippen LogP) is -1.29. The molecule has 1 saturated heterocycles. The van der Waals surface area contributed by atoms with Crippen LogP contribution in [0.2, 0.25) is 0 Å². The SMILES string of the molecule is [NH3+][C@@H](C(=O)N1CCC[C@@H]1C(=O)[O-])c1ccccc1. The molecule has 0 aliphatic carbocycles. The summed E-state index contributed by atoms with van der Waals surface area (Å²) < 4.78 is 0. The van der Waals surface area contributed by atoms with Crippen LogP contribution in [0.3, 0.4) is 0 Å². The number of carbonyl (C=O) groups is 2. The van der Waals surface area contributed by atoms with E-state index >= 15 is 0 Å². The lowest BCUT2D eigenvalue weighted by molar-refractivity contribution is -0.412. The van der Waals surface area contributed by atoms with E-state index in [4.69, 9.17) is 0 Å². The number of rotatable bonds is 3. The molecule has 1 aliphatic heterocycles. The lowest BCUT2D eigenvalue weighted by Gasteiger charge is -2.26. The van der Waals surface area contributed by atoms with E-state index in [1.807, 2.05) is 30.3 Å². The molecule has 5 heteroatoms. The highest BCUT2D eigenvalue weighted by atomic mass is 16.4. The number of carboxylic acids is 1. The summed E-state index contributed by atoms with van der Waals surface area (Å²) in [6.45, 7) is 0.469. The van der Waals surface area contributed by atoms with Crippen LogP contribution in [0, 0.1) is 0 Å². The van der Waals surface area contributed by atoms with E-state index in [0.29, 0.717) is 19.4 Å². The molecular formula is C13H16N2O3. The maximum atomic E-state index is 12.2. The highest BCUT2D eigenvalue weighted by Gasteiger charge is 2.34. The minimum atomic E-state index is -1.18. The van der Waals surface area contributed by atoms with Crippen molar-refractivity contribution in [1.29, 1.82) is 0 Å². The lowest BCUT2D eigenvalue weighted by Crippen LogP contribution is -2.62. The molecule has 1 amide bonds. The molecule has 0 unspecified atom stereocenters. The van der Waals surface area contributed by atoms with Gasteiger partial charge in [0, 0.05) is 12.1 Å². The first kappa shape index (κ1) is 12.6. The molecule has 1 heterocycles. The second kappa shape index (κ2) is 5.18. The standard InChI is InChI=1S/C13H16N2O3/c14-11(9-5-2-1-3-6-9)12(16)15-8-4-7-10(15)13(17)18/h1-3,5-6,10-11H,4,7-8,14H2,(H,17,18)/t10-,11-/m1/s1. The van der Waals surface area contributed by atoms with Crippen LogP contribution in [0.25, 0.3) is 0 Å². The molecule has 18 heavy (non-hydrogen) atoms. The molecule has 1 fully saturated rings. The average Bonchev–Trinajstić information content (AvgIpc) is 2.87. The van der Waals surface area contributed by atoms with Crippen molar-refractivity contribution >= 4 is 11.9 Å². The number of aliphatic carboxylic acids is 1. The molecule has 1 aromatic rings. The van der Waals surface area contributed by atoms with Crippen molar-refractivity contribution < 1.29 is 20.4 Å². The van der Waals surface area contributed by atoms with Gasteiger partial charge in [0.15, 0.2) is 6.04 Å². The summed E-state index contributed by atoms with van der Waals surface area (Å²) in [5, 5.41) is 11.0. The number of carbonyl (C=O) groups excluding carboxylic acids is 2. The molecule has 2 atom stereocenters. The van der Waals surface area contributed by atoms with Crippen molar-refractivity contribution in [2.45, 2.75) is 24.9 Å². The molecule has 96 valence electrons. The Kier molecular flexibility index (Phi) is 3.62. The van der Waals surface area contributed by atoms with Crippen LogP contribution < -0.4 is 10.8 Å². The van der Waals surface area contributed by atoms with Crippen molar-refractivity contribution in [2.24, 2.45) is 0 Å². The van der Waals surface area contributed by atoms with Crippen molar-refractivity contribution in [3.05, 3.63) is 35.9 Å². The van der Waals surface area contributed by atoms with Gasteiger partial charge in [-0.05, 0) is 12.8 Å². The number of nitrogens with zero attached hydrogens (tertiary/aromatic N) is 1. The van der Waals surface area contributed by atoms with Crippen molar-refractivity contribution in [2.75, 3.05) is 6.54 Å². The van der Waals surface area contributed by atoms with E-state index in [0.717, 1.165) is 5.56 Å². The average molecular weight is 248 g/mol. The molecule has 0 saturated carbocycles. The Bertz CT molecular complexity index is 447. The smallest absolute Gasteiger partial charge is 0.286 e. The van der Waals surface area contributed by atoms with E-state index in [2.05, 4.69) is 5.73 Å². The highest BCUT2D eigenvalue weighted by Crippen LogP contribution is 2.21. The van der Waals surface area contributed by atoms with Crippen molar-refractivity contribution in [1.82, 2.24) is 4.90 Å². The second-order valence-corrected chi connectivity index (χ2v) is 4.47. The monoisotopic (exact) mass is 248 g/mol. The normalized spacial score (nSPS) is 20.7. The van der Waals surface area contributed by atoms with Crippen LogP contribution in [0.4, 0.5) is 0 Å². The van der Waals surface area contributed by atoms with Gasteiger partial charge in [0.1, 0.15) is 0 Å². The predicted molar refractivity (Wildman–Crippen MR) is 61.8 cm³/mol. The molecule has 5 nitrogen and oxygen atoms in total. The zero-order valence-electron chi connectivity index (χ0n) is 10.0. The number of amides is 1. The third-order valence-corrected chi connectivity index (χ3v) is 3.31. The minimum Gasteiger partial charge on any atom is -0.548 e. The van der Waals surface area contributed by atoms with Gasteiger partial charge >= 0.3 is 0 Å². The maximum Gasteiger partial charge on any atom is 0.286 e. The van der Waals surface area contributed by atoms with Crippen LogP contribution in [-0.4, -0.2) is 29.4 Å².